The van der Waals surface area contributed by atoms with Gasteiger partial charge in [0.2, 0.25) is 0 Å². The van der Waals surface area contributed by atoms with Crippen molar-refractivity contribution >= 4 is 28.9 Å². The van der Waals surface area contributed by atoms with Gasteiger partial charge in [0.1, 0.15) is 11.2 Å². The predicted molar refractivity (Wildman–Crippen MR) is 50.4 cm³/mol. The van der Waals surface area contributed by atoms with Crippen LogP contribution < -0.4 is 0 Å². The monoisotopic (exact) mass is 256 g/mol. The van der Waals surface area contributed by atoms with Crippen molar-refractivity contribution in [3.63, 3.8) is 0 Å². The minimum atomic E-state index is -2.95. The average molecular weight is 257 g/mol. The zero-order valence-corrected chi connectivity index (χ0v) is 8.60. The second kappa shape index (κ2) is 4.67. The lowest BCUT2D eigenvalue weighted by molar-refractivity contribution is -0.385. The minimum Gasteiger partial charge on any atom is -0.258 e. The number of alkyl halides is 3. The van der Waals surface area contributed by atoms with E-state index in [2.05, 4.69) is 4.98 Å². The summed E-state index contributed by atoms with van der Waals surface area (Å²) < 4.78 is 25.0. The quantitative estimate of drug-likeness (QED) is 0.474. The third-order valence-corrected chi connectivity index (χ3v) is 2.31. The van der Waals surface area contributed by atoms with Gasteiger partial charge in [0, 0.05) is 0 Å². The van der Waals surface area contributed by atoms with Crippen molar-refractivity contribution in [2.24, 2.45) is 0 Å². The summed E-state index contributed by atoms with van der Waals surface area (Å²) in [6.07, 6.45) is -2.13. The summed E-state index contributed by atoms with van der Waals surface area (Å²) in [7, 11) is 0. The molecule has 0 aliphatic carbocycles. The highest BCUT2D eigenvalue weighted by Crippen LogP contribution is 2.35. The molecular formula is C7H4Cl2F2N2O2. The van der Waals surface area contributed by atoms with Gasteiger partial charge in [0.05, 0.1) is 22.1 Å². The van der Waals surface area contributed by atoms with Crippen LogP contribution in [0, 0.1) is 10.1 Å². The molecule has 0 aliphatic heterocycles. The van der Waals surface area contributed by atoms with Crippen molar-refractivity contribution < 1.29 is 13.7 Å². The van der Waals surface area contributed by atoms with Crippen LogP contribution in [0.25, 0.3) is 0 Å². The first kappa shape index (κ1) is 12.1. The number of nitrogens with zero attached hydrogens (tertiary/aromatic N) is 2. The standard InChI is InChI=1S/C7H4Cl2F2N2O2/c8-1-3-5(7(10)11)6(9)4(2-12-3)13(14)15/h2,7H,1H2. The number of hydrogen-bond donors (Lipinski definition) is 0. The van der Waals surface area contributed by atoms with Gasteiger partial charge in [0.25, 0.3) is 6.43 Å². The largest absolute Gasteiger partial charge is 0.306 e. The number of pyridine rings is 1. The van der Waals surface area contributed by atoms with E-state index in [1.165, 1.54) is 0 Å². The zero-order chi connectivity index (χ0) is 11.6. The Morgan fingerprint density at radius 1 is 1.60 bits per heavy atom. The Hall–Kier alpha value is -1.01. The number of halogens is 4. The maximum absolute atomic E-state index is 12.5. The predicted octanol–water partition coefficient (Wildman–Crippen LogP) is 3.32. The molecule has 0 amide bonds. The van der Waals surface area contributed by atoms with Gasteiger partial charge in [-0.3, -0.25) is 15.1 Å². The fourth-order valence-electron chi connectivity index (χ4n) is 0.985. The maximum atomic E-state index is 12.5. The number of aromatic nitrogens is 1. The van der Waals surface area contributed by atoms with Crippen molar-refractivity contribution in [3.8, 4) is 0 Å². The van der Waals surface area contributed by atoms with Gasteiger partial charge < -0.3 is 0 Å². The molecule has 82 valence electrons. The molecule has 0 saturated heterocycles. The second-order valence-corrected chi connectivity index (χ2v) is 3.15. The summed E-state index contributed by atoms with van der Waals surface area (Å²) >= 11 is 10.8. The van der Waals surface area contributed by atoms with Crippen LogP contribution in [0.4, 0.5) is 14.5 Å². The third-order valence-electron chi connectivity index (χ3n) is 1.66. The topological polar surface area (TPSA) is 56.0 Å². The van der Waals surface area contributed by atoms with Crippen molar-refractivity contribution in [1.29, 1.82) is 0 Å². The third kappa shape index (κ3) is 2.32. The summed E-state index contributed by atoms with van der Waals surface area (Å²) in [4.78, 5) is 13.0. The van der Waals surface area contributed by atoms with E-state index in [4.69, 9.17) is 23.2 Å². The highest BCUT2D eigenvalue weighted by molar-refractivity contribution is 6.33. The van der Waals surface area contributed by atoms with Gasteiger partial charge in [0.15, 0.2) is 0 Å². The molecule has 0 fully saturated rings. The van der Waals surface area contributed by atoms with Crippen molar-refractivity contribution in [3.05, 3.63) is 32.6 Å². The Labute approximate surface area is 93.0 Å². The van der Waals surface area contributed by atoms with E-state index in [1.807, 2.05) is 0 Å². The molecule has 0 aromatic carbocycles. The number of nitro groups is 1. The Bertz CT molecular complexity index is 401. The number of rotatable bonds is 3. The van der Waals surface area contributed by atoms with E-state index in [0.29, 0.717) is 0 Å². The van der Waals surface area contributed by atoms with Gasteiger partial charge in [-0.15, -0.1) is 11.6 Å². The first-order valence-electron chi connectivity index (χ1n) is 3.64. The molecule has 0 radical (unpaired) electrons. The maximum Gasteiger partial charge on any atom is 0.306 e. The average Bonchev–Trinajstić information content (AvgIpc) is 2.15. The smallest absolute Gasteiger partial charge is 0.258 e. The van der Waals surface area contributed by atoms with E-state index in [-0.39, 0.29) is 11.6 Å². The van der Waals surface area contributed by atoms with Gasteiger partial charge in [-0.05, 0) is 0 Å². The summed E-state index contributed by atoms with van der Waals surface area (Å²) in [5, 5.41) is 9.79. The Morgan fingerprint density at radius 3 is 2.60 bits per heavy atom. The van der Waals surface area contributed by atoms with E-state index < -0.39 is 27.6 Å². The van der Waals surface area contributed by atoms with Crippen LogP contribution in [0.1, 0.15) is 17.7 Å². The van der Waals surface area contributed by atoms with Crippen LogP contribution in [0.2, 0.25) is 5.02 Å². The first-order valence-corrected chi connectivity index (χ1v) is 4.56. The van der Waals surface area contributed by atoms with Crippen LogP contribution in [0.5, 0.6) is 0 Å². The number of hydrogen-bond acceptors (Lipinski definition) is 3. The summed E-state index contributed by atoms with van der Waals surface area (Å²) in [6.45, 7) is 0. The molecule has 0 N–H and O–H groups in total. The normalized spacial score (nSPS) is 10.7. The lowest BCUT2D eigenvalue weighted by Crippen LogP contribution is -2.01. The summed E-state index contributed by atoms with van der Waals surface area (Å²) in [5.74, 6) is -0.280. The molecule has 0 unspecified atom stereocenters. The molecule has 1 rings (SSSR count). The highest BCUT2D eigenvalue weighted by atomic mass is 35.5. The summed E-state index contributed by atoms with van der Waals surface area (Å²) in [6, 6.07) is 0. The van der Waals surface area contributed by atoms with Crippen LogP contribution in [0.15, 0.2) is 6.20 Å². The van der Waals surface area contributed by atoms with Crippen molar-refractivity contribution in [1.82, 2.24) is 4.98 Å². The van der Waals surface area contributed by atoms with Gasteiger partial charge in [-0.25, -0.2) is 8.78 Å². The molecule has 0 saturated carbocycles. The molecule has 1 aromatic heterocycles. The Kier molecular flexibility index (Phi) is 3.76. The van der Waals surface area contributed by atoms with Gasteiger partial charge in [-0.1, -0.05) is 11.6 Å². The van der Waals surface area contributed by atoms with Gasteiger partial charge >= 0.3 is 5.69 Å². The molecular weight excluding hydrogens is 253 g/mol. The van der Waals surface area contributed by atoms with E-state index >= 15 is 0 Å². The molecule has 0 atom stereocenters. The summed E-state index contributed by atoms with van der Waals surface area (Å²) in [5.41, 5.74) is -1.48. The Morgan fingerprint density at radius 2 is 2.20 bits per heavy atom. The first-order chi connectivity index (χ1) is 6.99. The van der Waals surface area contributed by atoms with Crippen molar-refractivity contribution in [2.45, 2.75) is 12.3 Å². The lowest BCUT2D eigenvalue weighted by Gasteiger charge is -2.07. The second-order valence-electron chi connectivity index (χ2n) is 2.51. The minimum absolute atomic E-state index is 0.151. The molecule has 0 bridgehead atoms. The van der Waals surface area contributed by atoms with Crippen LogP contribution in [-0.2, 0) is 5.88 Å². The fourth-order valence-corrected chi connectivity index (χ4v) is 1.51. The van der Waals surface area contributed by atoms with Crippen molar-refractivity contribution in [2.75, 3.05) is 0 Å². The molecule has 0 spiro atoms. The highest BCUT2D eigenvalue weighted by Gasteiger charge is 2.25. The molecule has 1 aromatic rings. The van der Waals surface area contributed by atoms with Crippen LogP contribution >= 0.6 is 23.2 Å². The van der Waals surface area contributed by atoms with Crippen LogP contribution in [0.3, 0.4) is 0 Å². The van der Waals surface area contributed by atoms with E-state index in [0.717, 1.165) is 6.20 Å². The fraction of sp³-hybridized carbons (Fsp3) is 0.286. The van der Waals surface area contributed by atoms with Gasteiger partial charge in [-0.2, -0.15) is 0 Å². The van der Waals surface area contributed by atoms with E-state index in [9.17, 15) is 18.9 Å². The molecule has 15 heavy (non-hydrogen) atoms. The Balaban J connectivity index is 3.42. The molecule has 1 heterocycles. The lowest BCUT2D eigenvalue weighted by atomic mass is 10.2. The SMILES string of the molecule is O=[N+]([O-])c1cnc(CCl)c(C(F)F)c1Cl. The van der Waals surface area contributed by atoms with Crippen LogP contribution in [-0.4, -0.2) is 9.91 Å². The zero-order valence-electron chi connectivity index (χ0n) is 7.08. The molecule has 4 nitrogen and oxygen atoms in total. The molecule has 8 heteroatoms. The molecule has 0 aliphatic rings. The van der Waals surface area contributed by atoms with E-state index in [1.54, 1.807) is 0 Å².